The first-order valence-corrected chi connectivity index (χ1v) is 6.43. The maximum absolute atomic E-state index is 13.1. The van der Waals surface area contributed by atoms with Crippen molar-refractivity contribution in [3.05, 3.63) is 0 Å². The van der Waals surface area contributed by atoms with Gasteiger partial charge in [0.2, 0.25) is 0 Å². The van der Waals surface area contributed by atoms with E-state index in [-0.39, 0.29) is 11.7 Å². The number of carbonyl (C=O) groups is 2. The summed E-state index contributed by atoms with van der Waals surface area (Å²) in [4.78, 5) is 25.3. The first-order chi connectivity index (χ1) is 8.33. The number of fused-ring (bicyclic) bond motifs is 3. The zero-order valence-electron chi connectivity index (χ0n) is 11.1. The summed E-state index contributed by atoms with van der Waals surface area (Å²) < 4.78 is 18.4. The molecule has 0 aromatic heterocycles. The fourth-order valence-electron chi connectivity index (χ4n) is 2.89. The van der Waals surface area contributed by atoms with Gasteiger partial charge < -0.3 is 4.74 Å². The Hall–Kier alpha value is -1.13. The van der Waals surface area contributed by atoms with Gasteiger partial charge in [-0.2, -0.15) is 0 Å². The summed E-state index contributed by atoms with van der Waals surface area (Å²) in [6, 6.07) is -0.970. The van der Waals surface area contributed by atoms with Crippen LogP contribution in [0.25, 0.3) is 0 Å². The zero-order chi connectivity index (χ0) is 13.5. The zero-order valence-corrected chi connectivity index (χ0v) is 11.1. The molecule has 2 saturated heterocycles. The predicted molar refractivity (Wildman–Crippen MR) is 64.0 cm³/mol. The largest absolute Gasteiger partial charge is 0.444 e. The van der Waals surface area contributed by atoms with Crippen molar-refractivity contribution in [3.63, 3.8) is 0 Å². The molecule has 3 fully saturated rings. The second-order valence-electron chi connectivity index (χ2n) is 6.13. The Kier molecular flexibility index (Phi) is 3.34. The van der Waals surface area contributed by atoms with Gasteiger partial charge in [0.15, 0.2) is 5.78 Å². The van der Waals surface area contributed by atoms with E-state index < -0.39 is 30.5 Å². The van der Waals surface area contributed by atoms with Gasteiger partial charge in [-0.25, -0.2) is 9.18 Å². The normalized spacial score (nSPS) is 31.7. The lowest BCUT2D eigenvalue weighted by Crippen LogP contribution is -2.62. The van der Waals surface area contributed by atoms with Crippen LogP contribution in [0.1, 0.15) is 40.0 Å². The fourth-order valence-corrected chi connectivity index (χ4v) is 2.89. The lowest BCUT2D eigenvalue weighted by atomic mass is 9.74. The number of halogens is 1. The predicted octanol–water partition coefficient (Wildman–Crippen LogP) is 2.31. The lowest BCUT2D eigenvalue weighted by Gasteiger charge is -2.49. The smallest absolute Gasteiger partial charge is 0.411 e. The second-order valence-corrected chi connectivity index (χ2v) is 6.13. The summed E-state index contributed by atoms with van der Waals surface area (Å²) in [5.41, 5.74) is -0.627. The van der Waals surface area contributed by atoms with Crippen LogP contribution in [-0.4, -0.2) is 41.1 Å². The van der Waals surface area contributed by atoms with E-state index in [0.717, 1.165) is 6.42 Å². The molecule has 0 spiro atoms. The average molecular weight is 257 g/mol. The van der Waals surface area contributed by atoms with Gasteiger partial charge in [-0.05, 0) is 39.5 Å². The average Bonchev–Trinajstić information content (AvgIpc) is 2.26. The van der Waals surface area contributed by atoms with Crippen LogP contribution < -0.4 is 0 Å². The molecule has 4 nitrogen and oxygen atoms in total. The van der Waals surface area contributed by atoms with Crippen molar-refractivity contribution in [1.29, 1.82) is 0 Å². The van der Waals surface area contributed by atoms with E-state index in [2.05, 4.69) is 0 Å². The summed E-state index contributed by atoms with van der Waals surface area (Å²) >= 11 is 0. The molecular weight excluding hydrogens is 237 g/mol. The number of carbonyl (C=O) groups excluding carboxylic acids is 2. The number of rotatable bonds is 1. The third kappa shape index (κ3) is 2.35. The molecular formula is C13H20FNO3. The number of hydrogen-bond donors (Lipinski definition) is 0. The topological polar surface area (TPSA) is 46.6 Å². The first kappa shape index (κ1) is 13.3. The molecule has 0 N–H and O–H groups in total. The quantitative estimate of drug-likeness (QED) is 0.724. The molecule has 2 aliphatic heterocycles. The number of amides is 1. The maximum atomic E-state index is 13.1. The molecule has 2 heterocycles. The van der Waals surface area contributed by atoms with E-state index in [9.17, 15) is 14.0 Å². The molecule has 102 valence electrons. The van der Waals surface area contributed by atoms with E-state index in [1.807, 2.05) is 0 Å². The van der Waals surface area contributed by atoms with Crippen LogP contribution in [0.3, 0.4) is 0 Å². The fraction of sp³-hybridized carbons (Fsp3) is 0.846. The van der Waals surface area contributed by atoms with Crippen molar-refractivity contribution in [2.24, 2.45) is 5.92 Å². The van der Waals surface area contributed by atoms with Crippen LogP contribution in [0.2, 0.25) is 0 Å². The third-order valence-corrected chi connectivity index (χ3v) is 3.65. The summed E-state index contributed by atoms with van der Waals surface area (Å²) in [6.45, 7) is 4.69. The van der Waals surface area contributed by atoms with Gasteiger partial charge in [-0.15, -0.1) is 0 Å². The van der Waals surface area contributed by atoms with Crippen LogP contribution in [-0.2, 0) is 9.53 Å². The number of Topliss-reactive ketones (excluding diaryl/α,β-unsaturated/α-hetero) is 1. The summed E-state index contributed by atoms with van der Waals surface area (Å²) in [5, 5.41) is 0. The van der Waals surface area contributed by atoms with E-state index in [1.54, 1.807) is 20.8 Å². The van der Waals surface area contributed by atoms with Crippen LogP contribution in [0.15, 0.2) is 0 Å². The molecule has 0 aromatic carbocycles. The van der Waals surface area contributed by atoms with Gasteiger partial charge in [0.1, 0.15) is 12.3 Å². The molecule has 1 aliphatic carbocycles. The molecule has 5 heteroatoms. The Labute approximate surface area is 106 Å². The van der Waals surface area contributed by atoms with Crippen LogP contribution in [0, 0.1) is 5.92 Å². The van der Waals surface area contributed by atoms with Crippen molar-refractivity contribution < 1.29 is 18.7 Å². The van der Waals surface area contributed by atoms with E-state index >= 15 is 0 Å². The summed E-state index contributed by atoms with van der Waals surface area (Å²) in [6.07, 6.45) is 1.30. The lowest BCUT2D eigenvalue weighted by molar-refractivity contribution is -0.137. The van der Waals surface area contributed by atoms with E-state index in [4.69, 9.17) is 4.74 Å². The number of piperidine rings is 2. The highest BCUT2D eigenvalue weighted by atomic mass is 19.1. The highest BCUT2D eigenvalue weighted by Gasteiger charge is 2.49. The molecule has 3 atom stereocenters. The van der Waals surface area contributed by atoms with Crippen molar-refractivity contribution in [2.45, 2.75) is 57.7 Å². The van der Waals surface area contributed by atoms with E-state index in [0.29, 0.717) is 12.8 Å². The van der Waals surface area contributed by atoms with Gasteiger partial charge in [0.05, 0.1) is 12.1 Å². The SMILES string of the molecule is CC(C)(C)OC(=O)N1[C@H](CF)[C@@H]2CC[C@H]1C(=O)C2. The molecule has 0 radical (unpaired) electrons. The maximum Gasteiger partial charge on any atom is 0.411 e. The number of alkyl halides is 1. The van der Waals surface area contributed by atoms with Crippen molar-refractivity contribution >= 4 is 11.9 Å². The third-order valence-electron chi connectivity index (χ3n) is 3.65. The Morgan fingerprint density at radius 3 is 2.61 bits per heavy atom. The second kappa shape index (κ2) is 4.52. The minimum atomic E-state index is -0.627. The molecule has 3 aliphatic rings. The molecule has 0 aromatic rings. The van der Waals surface area contributed by atoms with Gasteiger partial charge in [-0.3, -0.25) is 9.69 Å². The van der Waals surface area contributed by atoms with Crippen molar-refractivity contribution in [2.75, 3.05) is 6.67 Å². The van der Waals surface area contributed by atoms with Gasteiger partial charge in [-0.1, -0.05) is 0 Å². The van der Waals surface area contributed by atoms with Crippen LogP contribution in [0.4, 0.5) is 9.18 Å². The van der Waals surface area contributed by atoms with Crippen LogP contribution in [0.5, 0.6) is 0 Å². The highest BCUT2D eigenvalue weighted by molar-refractivity contribution is 5.90. The van der Waals surface area contributed by atoms with Crippen molar-refractivity contribution in [1.82, 2.24) is 4.90 Å². The molecule has 0 unspecified atom stereocenters. The Morgan fingerprint density at radius 2 is 2.11 bits per heavy atom. The van der Waals surface area contributed by atoms with Gasteiger partial charge in [0.25, 0.3) is 0 Å². The van der Waals surface area contributed by atoms with Gasteiger partial charge in [0, 0.05) is 6.42 Å². The van der Waals surface area contributed by atoms with Gasteiger partial charge >= 0.3 is 6.09 Å². The monoisotopic (exact) mass is 257 g/mol. The first-order valence-electron chi connectivity index (χ1n) is 6.43. The minimum absolute atomic E-state index is 0.0416. The minimum Gasteiger partial charge on any atom is -0.444 e. The molecule has 1 saturated carbocycles. The number of nitrogens with zero attached hydrogens (tertiary/aromatic N) is 1. The highest BCUT2D eigenvalue weighted by Crippen LogP contribution is 2.38. The Bertz CT molecular complexity index is 364. The number of ketones is 1. The van der Waals surface area contributed by atoms with E-state index in [1.165, 1.54) is 4.90 Å². The Balaban J connectivity index is 2.18. The molecule has 2 bridgehead atoms. The summed E-state index contributed by atoms with van der Waals surface area (Å²) in [7, 11) is 0. The van der Waals surface area contributed by atoms with Crippen molar-refractivity contribution in [3.8, 4) is 0 Å². The standard InChI is InChI=1S/C13H20FNO3/c1-13(2,3)18-12(17)15-9-5-4-8(6-11(9)16)10(15)7-14/h8-10H,4-7H2,1-3H3/t8-,9+,10-/m1/s1. The summed E-state index contributed by atoms with van der Waals surface area (Å²) in [5.74, 6) is 0.00169. The molecule has 18 heavy (non-hydrogen) atoms. The molecule has 3 rings (SSSR count). The number of ether oxygens (including phenoxy) is 1. The Morgan fingerprint density at radius 1 is 1.44 bits per heavy atom. The molecule has 1 amide bonds. The number of hydrogen-bond acceptors (Lipinski definition) is 3. The van der Waals surface area contributed by atoms with Crippen LogP contribution >= 0.6 is 0 Å².